The summed E-state index contributed by atoms with van der Waals surface area (Å²) < 4.78 is 13.9. The standard InChI is InChI=1S/C9H8FIO/c1-2-9(12)7-4-3-6(11)5-8(7)10/h2-5,9,12H,1H2. The van der Waals surface area contributed by atoms with E-state index in [0.717, 1.165) is 3.57 Å². The van der Waals surface area contributed by atoms with Crippen LogP contribution < -0.4 is 0 Å². The van der Waals surface area contributed by atoms with Crippen LogP contribution in [0.1, 0.15) is 11.7 Å². The van der Waals surface area contributed by atoms with E-state index in [1.165, 1.54) is 12.1 Å². The molecule has 0 radical (unpaired) electrons. The minimum atomic E-state index is -0.915. The van der Waals surface area contributed by atoms with E-state index < -0.39 is 11.9 Å². The van der Waals surface area contributed by atoms with E-state index in [4.69, 9.17) is 0 Å². The molecule has 64 valence electrons. The van der Waals surface area contributed by atoms with Crippen LogP contribution in [0.5, 0.6) is 0 Å². The summed E-state index contributed by atoms with van der Waals surface area (Å²) in [4.78, 5) is 0. The van der Waals surface area contributed by atoms with Crippen molar-refractivity contribution in [2.75, 3.05) is 0 Å². The van der Waals surface area contributed by atoms with Crippen molar-refractivity contribution in [1.82, 2.24) is 0 Å². The first-order valence-corrected chi connectivity index (χ1v) is 4.48. The summed E-state index contributed by atoms with van der Waals surface area (Å²) >= 11 is 2.01. The van der Waals surface area contributed by atoms with Gasteiger partial charge in [-0.25, -0.2) is 4.39 Å². The second-order valence-corrected chi connectivity index (χ2v) is 3.59. The van der Waals surface area contributed by atoms with E-state index in [0.29, 0.717) is 0 Å². The maximum absolute atomic E-state index is 13.1. The molecule has 1 nitrogen and oxygen atoms in total. The molecule has 1 rings (SSSR count). The number of benzene rings is 1. The Hall–Kier alpha value is -0.420. The Bertz CT molecular complexity index is 299. The Morgan fingerprint density at radius 1 is 1.58 bits per heavy atom. The highest BCUT2D eigenvalue weighted by atomic mass is 127. The number of rotatable bonds is 2. The van der Waals surface area contributed by atoms with Crippen LogP contribution in [0.25, 0.3) is 0 Å². The largest absolute Gasteiger partial charge is 0.384 e. The van der Waals surface area contributed by atoms with Crippen molar-refractivity contribution >= 4 is 22.6 Å². The Balaban J connectivity index is 3.09. The third kappa shape index (κ3) is 2.04. The molecule has 0 bridgehead atoms. The summed E-state index contributed by atoms with van der Waals surface area (Å²) in [6.07, 6.45) is 0.382. The average molecular weight is 278 g/mol. The van der Waals surface area contributed by atoms with Gasteiger partial charge in [0.1, 0.15) is 5.82 Å². The number of halogens is 2. The predicted octanol–water partition coefficient (Wildman–Crippen LogP) is 2.65. The summed E-state index contributed by atoms with van der Waals surface area (Å²) in [5.74, 6) is -0.394. The third-order valence-corrected chi connectivity index (χ3v) is 2.18. The molecular weight excluding hydrogens is 270 g/mol. The van der Waals surface area contributed by atoms with Crippen molar-refractivity contribution in [3.63, 3.8) is 0 Å². The average Bonchev–Trinajstić information content (AvgIpc) is 2.03. The number of hydrogen-bond acceptors (Lipinski definition) is 1. The summed E-state index contributed by atoms with van der Waals surface area (Å²) in [6.45, 7) is 3.38. The van der Waals surface area contributed by atoms with E-state index in [9.17, 15) is 9.50 Å². The van der Waals surface area contributed by atoms with Gasteiger partial charge in [-0.2, -0.15) is 0 Å². The molecular formula is C9H8FIO. The lowest BCUT2D eigenvalue weighted by atomic mass is 10.1. The van der Waals surface area contributed by atoms with Gasteiger partial charge in [-0.1, -0.05) is 12.1 Å². The van der Waals surface area contributed by atoms with Gasteiger partial charge in [0.2, 0.25) is 0 Å². The van der Waals surface area contributed by atoms with Gasteiger partial charge in [-0.05, 0) is 34.7 Å². The van der Waals surface area contributed by atoms with Gasteiger partial charge in [0, 0.05) is 9.13 Å². The SMILES string of the molecule is C=CC(O)c1ccc(I)cc1F. The number of aliphatic hydroxyl groups excluding tert-OH is 1. The van der Waals surface area contributed by atoms with Crippen molar-refractivity contribution < 1.29 is 9.50 Å². The molecule has 12 heavy (non-hydrogen) atoms. The molecule has 0 saturated carbocycles. The molecule has 1 aromatic carbocycles. The fraction of sp³-hybridized carbons (Fsp3) is 0.111. The van der Waals surface area contributed by atoms with Gasteiger partial charge in [-0.3, -0.25) is 0 Å². The Kier molecular flexibility index (Phi) is 3.22. The molecule has 0 amide bonds. The zero-order valence-corrected chi connectivity index (χ0v) is 8.45. The van der Waals surface area contributed by atoms with Gasteiger partial charge < -0.3 is 5.11 Å². The fourth-order valence-electron chi connectivity index (χ4n) is 0.868. The summed E-state index contributed by atoms with van der Waals surface area (Å²) in [5.41, 5.74) is 0.269. The summed E-state index contributed by atoms with van der Waals surface area (Å²) in [7, 11) is 0. The molecule has 0 heterocycles. The Morgan fingerprint density at radius 3 is 2.75 bits per heavy atom. The van der Waals surface area contributed by atoms with E-state index in [-0.39, 0.29) is 5.56 Å². The van der Waals surface area contributed by atoms with Crippen LogP contribution >= 0.6 is 22.6 Å². The minimum absolute atomic E-state index is 0.269. The second-order valence-electron chi connectivity index (χ2n) is 2.35. The molecule has 0 aliphatic carbocycles. The van der Waals surface area contributed by atoms with Crippen LogP contribution in [0.4, 0.5) is 4.39 Å². The first-order valence-electron chi connectivity index (χ1n) is 3.40. The lowest BCUT2D eigenvalue weighted by molar-refractivity contribution is 0.223. The van der Waals surface area contributed by atoms with Crippen LogP contribution in [0.2, 0.25) is 0 Å². The molecule has 1 atom stereocenters. The molecule has 0 aromatic heterocycles. The topological polar surface area (TPSA) is 20.2 Å². The molecule has 0 aliphatic rings. The smallest absolute Gasteiger partial charge is 0.130 e. The molecule has 0 fully saturated rings. The summed E-state index contributed by atoms with van der Waals surface area (Å²) in [6, 6.07) is 4.68. The monoisotopic (exact) mass is 278 g/mol. The molecule has 1 unspecified atom stereocenters. The van der Waals surface area contributed by atoms with Crippen molar-refractivity contribution in [2.24, 2.45) is 0 Å². The molecule has 1 aromatic rings. The number of aliphatic hydroxyl groups is 1. The van der Waals surface area contributed by atoms with Crippen LogP contribution in [0.15, 0.2) is 30.9 Å². The van der Waals surface area contributed by atoms with Crippen molar-refractivity contribution in [3.05, 3.63) is 45.8 Å². The quantitative estimate of drug-likeness (QED) is 0.651. The Morgan fingerprint density at radius 2 is 2.25 bits per heavy atom. The molecule has 1 N–H and O–H groups in total. The molecule has 0 saturated heterocycles. The normalized spacial score (nSPS) is 12.6. The van der Waals surface area contributed by atoms with Crippen molar-refractivity contribution in [2.45, 2.75) is 6.10 Å². The molecule has 0 spiro atoms. The van der Waals surface area contributed by atoms with Gasteiger partial charge >= 0.3 is 0 Å². The first kappa shape index (κ1) is 9.67. The van der Waals surface area contributed by atoms with Gasteiger partial charge in [-0.15, -0.1) is 6.58 Å². The molecule has 0 aliphatic heterocycles. The van der Waals surface area contributed by atoms with E-state index >= 15 is 0 Å². The van der Waals surface area contributed by atoms with Gasteiger partial charge in [0.25, 0.3) is 0 Å². The van der Waals surface area contributed by atoms with Gasteiger partial charge in [0.15, 0.2) is 0 Å². The highest BCUT2D eigenvalue weighted by Gasteiger charge is 2.08. The zero-order valence-electron chi connectivity index (χ0n) is 6.30. The first-order chi connectivity index (χ1) is 5.65. The van der Waals surface area contributed by atoms with Crippen LogP contribution in [0, 0.1) is 9.39 Å². The summed E-state index contributed by atoms with van der Waals surface area (Å²) in [5, 5.41) is 9.24. The maximum atomic E-state index is 13.1. The van der Waals surface area contributed by atoms with Crippen molar-refractivity contribution in [1.29, 1.82) is 0 Å². The number of hydrogen-bond donors (Lipinski definition) is 1. The zero-order chi connectivity index (χ0) is 9.14. The van der Waals surface area contributed by atoms with Crippen LogP contribution in [-0.2, 0) is 0 Å². The van der Waals surface area contributed by atoms with E-state index in [1.54, 1.807) is 12.1 Å². The Labute approximate surface area is 84.1 Å². The van der Waals surface area contributed by atoms with Crippen LogP contribution in [0.3, 0.4) is 0 Å². The lowest BCUT2D eigenvalue weighted by Crippen LogP contribution is -1.96. The van der Waals surface area contributed by atoms with E-state index in [1.807, 2.05) is 22.6 Å². The molecule has 3 heteroatoms. The van der Waals surface area contributed by atoms with Crippen LogP contribution in [-0.4, -0.2) is 5.11 Å². The fourth-order valence-corrected chi connectivity index (χ4v) is 1.32. The highest BCUT2D eigenvalue weighted by Crippen LogP contribution is 2.19. The maximum Gasteiger partial charge on any atom is 0.130 e. The van der Waals surface area contributed by atoms with Gasteiger partial charge in [0.05, 0.1) is 6.10 Å². The predicted molar refractivity (Wildman–Crippen MR) is 54.3 cm³/mol. The minimum Gasteiger partial charge on any atom is -0.384 e. The highest BCUT2D eigenvalue weighted by molar-refractivity contribution is 14.1. The third-order valence-electron chi connectivity index (χ3n) is 1.50. The van der Waals surface area contributed by atoms with E-state index in [2.05, 4.69) is 6.58 Å². The lowest BCUT2D eigenvalue weighted by Gasteiger charge is -2.06. The second kappa shape index (κ2) is 4.00. The van der Waals surface area contributed by atoms with Crippen molar-refractivity contribution in [3.8, 4) is 0 Å².